The fourth-order valence-electron chi connectivity index (χ4n) is 2.23. The largest absolute Gasteiger partial charge is 0.466 e. The predicted octanol–water partition coefficient (Wildman–Crippen LogP) is 2.23. The number of carbonyl (C=O) groups is 1. The highest BCUT2D eigenvalue weighted by molar-refractivity contribution is 5.87. The van der Waals surface area contributed by atoms with Crippen molar-refractivity contribution in [1.29, 1.82) is 0 Å². The van der Waals surface area contributed by atoms with Crippen molar-refractivity contribution in [3.05, 3.63) is 11.6 Å². The lowest BCUT2D eigenvalue weighted by Gasteiger charge is -2.35. The number of hydrogen-bond acceptors (Lipinski definition) is 3. The minimum atomic E-state index is -0.224. The second kappa shape index (κ2) is 6.04. The van der Waals surface area contributed by atoms with Crippen LogP contribution < -0.4 is 0 Å². The predicted molar refractivity (Wildman–Crippen MR) is 65.2 cm³/mol. The van der Waals surface area contributed by atoms with Gasteiger partial charge in [-0.05, 0) is 39.2 Å². The van der Waals surface area contributed by atoms with Gasteiger partial charge in [0.15, 0.2) is 0 Å². The Morgan fingerprint density at radius 2 is 2.19 bits per heavy atom. The summed E-state index contributed by atoms with van der Waals surface area (Å²) in [4.78, 5) is 13.6. The standard InChI is InChI=1S/C13H23NO2/c1-10-5-7-14(12(3)9-10)8-6-11(2)13(15)16-4/h6,10,12H,5,7-9H2,1-4H3. The average Bonchev–Trinajstić information content (AvgIpc) is 2.26. The SMILES string of the molecule is COC(=O)C(C)=CCN1CCC(C)CC1C. The van der Waals surface area contributed by atoms with Gasteiger partial charge in [0.2, 0.25) is 0 Å². The van der Waals surface area contributed by atoms with Crippen LogP contribution in [0.25, 0.3) is 0 Å². The summed E-state index contributed by atoms with van der Waals surface area (Å²) in [7, 11) is 1.42. The Kier molecular flexibility index (Phi) is 5.00. The van der Waals surface area contributed by atoms with Crippen molar-refractivity contribution in [3.63, 3.8) is 0 Å². The first-order valence-corrected chi connectivity index (χ1v) is 6.03. The highest BCUT2D eigenvalue weighted by Gasteiger charge is 2.21. The van der Waals surface area contributed by atoms with Crippen LogP contribution in [0, 0.1) is 5.92 Å². The molecule has 0 amide bonds. The topological polar surface area (TPSA) is 29.5 Å². The smallest absolute Gasteiger partial charge is 0.333 e. The molecule has 1 aliphatic heterocycles. The zero-order valence-corrected chi connectivity index (χ0v) is 10.8. The van der Waals surface area contributed by atoms with Gasteiger partial charge in [-0.2, -0.15) is 0 Å². The minimum Gasteiger partial charge on any atom is -0.466 e. The van der Waals surface area contributed by atoms with E-state index in [-0.39, 0.29) is 5.97 Å². The molecule has 16 heavy (non-hydrogen) atoms. The number of hydrogen-bond donors (Lipinski definition) is 0. The molecule has 92 valence electrons. The third-order valence-corrected chi connectivity index (χ3v) is 3.42. The Hall–Kier alpha value is -0.830. The molecule has 0 aliphatic carbocycles. The quantitative estimate of drug-likeness (QED) is 0.545. The summed E-state index contributed by atoms with van der Waals surface area (Å²) < 4.78 is 4.67. The first-order chi connectivity index (χ1) is 7.54. The maximum Gasteiger partial charge on any atom is 0.333 e. The van der Waals surface area contributed by atoms with Crippen LogP contribution in [0.3, 0.4) is 0 Å². The molecule has 0 radical (unpaired) electrons. The van der Waals surface area contributed by atoms with E-state index in [1.165, 1.54) is 20.0 Å². The second-order valence-corrected chi connectivity index (χ2v) is 4.85. The van der Waals surface area contributed by atoms with E-state index in [0.717, 1.165) is 19.0 Å². The van der Waals surface area contributed by atoms with E-state index in [2.05, 4.69) is 23.5 Å². The fraction of sp³-hybridized carbons (Fsp3) is 0.769. The van der Waals surface area contributed by atoms with Gasteiger partial charge in [0, 0.05) is 18.2 Å². The van der Waals surface area contributed by atoms with Crippen LogP contribution in [-0.2, 0) is 9.53 Å². The molecule has 0 aromatic rings. The highest BCUT2D eigenvalue weighted by atomic mass is 16.5. The number of ether oxygens (including phenoxy) is 1. The first-order valence-electron chi connectivity index (χ1n) is 6.03. The van der Waals surface area contributed by atoms with Crippen LogP contribution >= 0.6 is 0 Å². The van der Waals surface area contributed by atoms with Gasteiger partial charge >= 0.3 is 5.97 Å². The van der Waals surface area contributed by atoms with E-state index in [0.29, 0.717) is 11.6 Å². The summed E-state index contributed by atoms with van der Waals surface area (Å²) in [5.74, 6) is 0.606. The maximum atomic E-state index is 11.2. The van der Waals surface area contributed by atoms with Crippen molar-refractivity contribution in [2.24, 2.45) is 5.92 Å². The van der Waals surface area contributed by atoms with Gasteiger partial charge < -0.3 is 4.74 Å². The van der Waals surface area contributed by atoms with Crippen molar-refractivity contribution in [3.8, 4) is 0 Å². The molecular formula is C13H23NO2. The fourth-order valence-corrected chi connectivity index (χ4v) is 2.23. The summed E-state index contributed by atoms with van der Waals surface area (Å²) in [6.07, 6.45) is 4.49. The summed E-state index contributed by atoms with van der Waals surface area (Å²) in [6, 6.07) is 0.616. The van der Waals surface area contributed by atoms with Crippen LogP contribution in [0.15, 0.2) is 11.6 Å². The van der Waals surface area contributed by atoms with Crippen LogP contribution in [-0.4, -0.2) is 37.1 Å². The van der Waals surface area contributed by atoms with E-state index < -0.39 is 0 Å². The molecule has 3 nitrogen and oxygen atoms in total. The number of rotatable bonds is 3. The molecule has 1 saturated heterocycles. The lowest BCUT2D eigenvalue weighted by atomic mass is 9.93. The number of esters is 1. The second-order valence-electron chi connectivity index (χ2n) is 4.85. The molecule has 2 atom stereocenters. The third kappa shape index (κ3) is 3.63. The number of methoxy groups -OCH3 is 1. The zero-order chi connectivity index (χ0) is 12.1. The minimum absolute atomic E-state index is 0.224. The molecule has 1 aliphatic rings. The third-order valence-electron chi connectivity index (χ3n) is 3.42. The number of piperidine rings is 1. The molecule has 3 heteroatoms. The number of nitrogens with zero attached hydrogens (tertiary/aromatic N) is 1. The van der Waals surface area contributed by atoms with Gasteiger partial charge in [0.05, 0.1) is 7.11 Å². The maximum absolute atomic E-state index is 11.2. The Balaban J connectivity index is 2.46. The first kappa shape index (κ1) is 13.2. The van der Waals surface area contributed by atoms with Gasteiger partial charge in [-0.25, -0.2) is 4.79 Å². The lowest BCUT2D eigenvalue weighted by Crippen LogP contribution is -2.40. The van der Waals surface area contributed by atoms with Crippen LogP contribution in [0.5, 0.6) is 0 Å². The van der Waals surface area contributed by atoms with E-state index in [1.807, 2.05) is 13.0 Å². The Labute approximate surface area is 98.5 Å². The molecule has 2 unspecified atom stereocenters. The molecule has 0 saturated carbocycles. The average molecular weight is 225 g/mol. The van der Waals surface area contributed by atoms with Crippen molar-refractivity contribution in [2.75, 3.05) is 20.2 Å². The van der Waals surface area contributed by atoms with Gasteiger partial charge in [0.25, 0.3) is 0 Å². The molecule has 0 bridgehead atoms. The summed E-state index contributed by atoms with van der Waals surface area (Å²) in [5, 5.41) is 0. The van der Waals surface area contributed by atoms with Crippen molar-refractivity contribution >= 4 is 5.97 Å². The number of carbonyl (C=O) groups excluding carboxylic acids is 1. The van der Waals surface area contributed by atoms with Gasteiger partial charge in [-0.1, -0.05) is 13.0 Å². The van der Waals surface area contributed by atoms with Crippen molar-refractivity contribution in [2.45, 2.75) is 39.7 Å². The Bertz CT molecular complexity index is 273. The van der Waals surface area contributed by atoms with Crippen molar-refractivity contribution < 1.29 is 9.53 Å². The Morgan fingerprint density at radius 3 is 2.75 bits per heavy atom. The Morgan fingerprint density at radius 1 is 1.50 bits per heavy atom. The summed E-state index contributed by atoms with van der Waals surface area (Å²) >= 11 is 0. The molecule has 0 aromatic heterocycles. The van der Waals surface area contributed by atoms with E-state index in [1.54, 1.807) is 0 Å². The lowest BCUT2D eigenvalue weighted by molar-refractivity contribution is -0.136. The van der Waals surface area contributed by atoms with Crippen LogP contribution in [0.4, 0.5) is 0 Å². The van der Waals surface area contributed by atoms with Gasteiger partial charge in [-0.3, -0.25) is 4.90 Å². The normalized spacial score (nSPS) is 27.9. The van der Waals surface area contributed by atoms with E-state index >= 15 is 0 Å². The van der Waals surface area contributed by atoms with Gasteiger partial charge in [0.1, 0.15) is 0 Å². The van der Waals surface area contributed by atoms with Gasteiger partial charge in [-0.15, -0.1) is 0 Å². The monoisotopic (exact) mass is 225 g/mol. The molecule has 1 fully saturated rings. The molecule has 1 rings (SSSR count). The summed E-state index contributed by atoms with van der Waals surface area (Å²) in [5.41, 5.74) is 0.702. The van der Waals surface area contributed by atoms with E-state index in [9.17, 15) is 4.79 Å². The van der Waals surface area contributed by atoms with E-state index in [4.69, 9.17) is 0 Å². The molecule has 0 aromatic carbocycles. The van der Waals surface area contributed by atoms with Crippen LogP contribution in [0.1, 0.15) is 33.6 Å². The number of likely N-dealkylation sites (tertiary alicyclic amines) is 1. The van der Waals surface area contributed by atoms with Crippen molar-refractivity contribution in [1.82, 2.24) is 4.90 Å². The highest BCUT2D eigenvalue weighted by Crippen LogP contribution is 2.21. The zero-order valence-electron chi connectivity index (χ0n) is 10.8. The van der Waals surface area contributed by atoms with Crippen LogP contribution in [0.2, 0.25) is 0 Å². The summed E-state index contributed by atoms with van der Waals surface area (Å²) in [6.45, 7) is 8.37. The molecular weight excluding hydrogens is 202 g/mol. The molecule has 0 N–H and O–H groups in total. The molecule has 0 spiro atoms. The molecule has 1 heterocycles.